The lowest BCUT2D eigenvalue weighted by atomic mass is 10.2. The van der Waals surface area contributed by atoms with E-state index in [9.17, 15) is 4.39 Å². The van der Waals surface area contributed by atoms with Gasteiger partial charge in [0.05, 0.1) is 5.54 Å². The SMILES string of the molecule is Cl.N#Cc1c(F)cccc1OCC1(N)CC1. The number of ether oxygens (including phenoxy) is 1. The summed E-state index contributed by atoms with van der Waals surface area (Å²) in [5.74, 6) is -0.286. The molecule has 1 aromatic rings. The molecule has 2 rings (SSSR count). The number of nitrogens with zero attached hydrogens (tertiary/aromatic N) is 1. The summed E-state index contributed by atoms with van der Waals surface area (Å²) in [6.45, 7) is 0.338. The third-order valence-corrected chi connectivity index (χ3v) is 2.49. The number of hydrogen-bond acceptors (Lipinski definition) is 3. The van der Waals surface area contributed by atoms with Crippen LogP contribution in [0.15, 0.2) is 18.2 Å². The molecule has 1 aromatic carbocycles. The van der Waals surface area contributed by atoms with E-state index in [4.69, 9.17) is 15.7 Å². The van der Waals surface area contributed by atoms with E-state index in [1.165, 1.54) is 12.1 Å². The predicted molar refractivity (Wildman–Crippen MR) is 60.0 cm³/mol. The topological polar surface area (TPSA) is 59.0 Å². The second kappa shape index (κ2) is 4.69. The number of benzene rings is 1. The van der Waals surface area contributed by atoms with E-state index in [1.807, 2.05) is 0 Å². The van der Waals surface area contributed by atoms with Gasteiger partial charge in [0.25, 0.3) is 0 Å². The lowest BCUT2D eigenvalue weighted by Gasteiger charge is -2.12. The highest BCUT2D eigenvalue weighted by Crippen LogP contribution is 2.33. The van der Waals surface area contributed by atoms with Gasteiger partial charge in [-0.2, -0.15) is 5.26 Å². The lowest BCUT2D eigenvalue weighted by Crippen LogP contribution is -2.30. The van der Waals surface area contributed by atoms with Crippen molar-refractivity contribution in [2.24, 2.45) is 5.73 Å². The fraction of sp³-hybridized carbons (Fsp3) is 0.364. The molecule has 1 saturated carbocycles. The first kappa shape index (κ1) is 12.8. The summed E-state index contributed by atoms with van der Waals surface area (Å²) in [6, 6.07) is 6.11. The number of halogens is 2. The number of rotatable bonds is 3. The molecule has 86 valence electrons. The van der Waals surface area contributed by atoms with Gasteiger partial charge in [-0.3, -0.25) is 0 Å². The summed E-state index contributed by atoms with van der Waals surface area (Å²) in [5, 5.41) is 8.74. The van der Waals surface area contributed by atoms with Gasteiger partial charge >= 0.3 is 0 Å². The van der Waals surface area contributed by atoms with Crippen LogP contribution in [0.25, 0.3) is 0 Å². The Morgan fingerprint density at radius 2 is 2.19 bits per heavy atom. The Bertz CT molecular complexity index is 426. The maximum Gasteiger partial charge on any atom is 0.144 e. The number of hydrogen-bond donors (Lipinski definition) is 1. The van der Waals surface area contributed by atoms with Gasteiger partial charge in [0, 0.05) is 0 Å². The molecule has 0 spiro atoms. The molecule has 0 aromatic heterocycles. The molecule has 5 heteroatoms. The average Bonchev–Trinajstić information content (AvgIpc) is 2.94. The number of nitriles is 1. The smallest absolute Gasteiger partial charge is 0.144 e. The van der Waals surface area contributed by atoms with Crippen molar-refractivity contribution in [1.82, 2.24) is 0 Å². The molecule has 1 aliphatic rings. The zero-order valence-corrected chi connectivity index (χ0v) is 9.39. The maximum atomic E-state index is 13.2. The minimum absolute atomic E-state index is 0. The van der Waals surface area contributed by atoms with Crippen LogP contribution in [0.1, 0.15) is 18.4 Å². The fourth-order valence-electron chi connectivity index (χ4n) is 1.26. The minimum Gasteiger partial charge on any atom is -0.490 e. The van der Waals surface area contributed by atoms with E-state index in [-0.39, 0.29) is 29.3 Å². The molecular weight excluding hydrogens is 231 g/mol. The summed E-state index contributed by atoms with van der Waals surface area (Å²) >= 11 is 0. The summed E-state index contributed by atoms with van der Waals surface area (Å²) < 4.78 is 18.5. The monoisotopic (exact) mass is 242 g/mol. The van der Waals surface area contributed by atoms with E-state index in [0.717, 1.165) is 12.8 Å². The van der Waals surface area contributed by atoms with E-state index in [0.29, 0.717) is 6.61 Å². The first-order valence-electron chi connectivity index (χ1n) is 4.75. The molecule has 16 heavy (non-hydrogen) atoms. The van der Waals surface area contributed by atoms with Crippen LogP contribution >= 0.6 is 12.4 Å². The summed E-state index contributed by atoms with van der Waals surface area (Å²) in [6.07, 6.45) is 1.84. The fourth-order valence-corrected chi connectivity index (χ4v) is 1.26. The van der Waals surface area contributed by atoms with Crippen LogP contribution in [0, 0.1) is 17.1 Å². The number of nitrogens with two attached hydrogens (primary N) is 1. The van der Waals surface area contributed by atoms with E-state index in [2.05, 4.69) is 0 Å². The molecule has 0 atom stereocenters. The van der Waals surface area contributed by atoms with E-state index >= 15 is 0 Å². The maximum absolute atomic E-state index is 13.2. The van der Waals surface area contributed by atoms with Crippen molar-refractivity contribution in [1.29, 1.82) is 5.26 Å². The molecular formula is C11H12ClFN2O. The highest BCUT2D eigenvalue weighted by molar-refractivity contribution is 5.85. The third-order valence-electron chi connectivity index (χ3n) is 2.49. The van der Waals surface area contributed by atoms with Crippen molar-refractivity contribution >= 4 is 12.4 Å². The Kier molecular flexibility index (Phi) is 3.74. The van der Waals surface area contributed by atoms with Crippen molar-refractivity contribution < 1.29 is 9.13 Å². The molecule has 1 fully saturated rings. The highest BCUT2D eigenvalue weighted by atomic mass is 35.5. The molecule has 2 N–H and O–H groups in total. The summed E-state index contributed by atoms with van der Waals surface area (Å²) in [5.41, 5.74) is 5.50. The Hall–Kier alpha value is -1.31. The van der Waals surface area contributed by atoms with Gasteiger partial charge in [-0.1, -0.05) is 6.07 Å². The highest BCUT2D eigenvalue weighted by Gasteiger charge is 2.39. The molecule has 0 radical (unpaired) electrons. The van der Waals surface area contributed by atoms with Crippen LogP contribution in [-0.2, 0) is 0 Å². The zero-order valence-electron chi connectivity index (χ0n) is 8.57. The first-order valence-corrected chi connectivity index (χ1v) is 4.75. The van der Waals surface area contributed by atoms with Crippen molar-refractivity contribution in [3.63, 3.8) is 0 Å². The zero-order chi connectivity index (χ0) is 10.9. The van der Waals surface area contributed by atoms with Crippen LogP contribution in [0.5, 0.6) is 5.75 Å². The normalized spacial score (nSPS) is 15.8. The second-order valence-corrected chi connectivity index (χ2v) is 3.88. The minimum atomic E-state index is -0.558. The van der Waals surface area contributed by atoms with Crippen LogP contribution in [-0.4, -0.2) is 12.1 Å². The molecule has 0 aliphatic heterocycles. The predicted octanol–water partition coefficient (Wildman–Crippen LogP) is 1.99. The van der Waals surface area contributed by atoms with Gasteiger partial charge in [-0.25, -0.2) is 4.39 Å². The Morgan fingerprint density at radius 3 is 2.75 bits per heavy atom. The molecule has 0 unspecified atom stereocenters. The van der Waals surface area contributed by atoms with Gasteiger partial charge in [-0.15, -0.1) is 12.4 Å². The molecule has 1 aliphatic carbocycles. The van der Waals surface area contributed by atoms with Crippen LogP contribution in [0.2, 0.25) is 0 Å². The molecule has 0 saturated heterocycles. The largest absolute Gasteiger partial charge is 0.490 e. The quantitative estimate of drug-likeness (QED) is 0.882. The van der Waals surface area contributed by atoms with Crippen molar-refractivity contribution in [2.45, 2.75) is 18.4 Å². The summed E-state index contributed by atoms with van der Waals surface area (Å²) in [7, 11) is 0. The molecule has 3 nitrogen and oxygen atoms in total. The average molecular weight is 243 g/mol. The molecule has 0 amide bonds. The van der Waals surface area contributed by atoms with Crippen molar-refractivity contribution in [3.05, 3.63) is 29.6 Å². The van der Waals surface area contributed by atoms with Gasteiger partial charge in [0.15, 0.2) is 0 Å². The first-order chi connectivity index (χ1) is 7.14. The van der Waals surface area contributed by atoms with Crippen LogP contribution in [0.3, 0.4) is 0 Å². The Morgan fingerprint density at radius 1 is 1.50 bits per heavy atom. The summed E-state index contributed by atoms with van der Waals surface area (Å²) in [4.78, 5) is 0. The Balaban J connectivity index is 0.00000128. The van der Waals surface area contributed by atoms with Gasteiger partial charge in [0.2, 0.25) is 0 Å². The van der Waals surface area contributed by atoms with E-state index < -0.39 is 5.82 Å². The van der Waals surface area contributed by atoms with Crippen LogP contribution in [0.4, 0.5) is 4.39 Å². The van der Waals surface area contributed by atoms with Crippen LogP contribution < -0.4 is 10.5 Å². The van der Waals surface area contributed by atoms with Gasteiger partial charge < -0.3 is 10.5 Å². The lowest BCUT2D eigenvalue weighted by molar-refractivity contribution is 0.277. The van der Waals surface area contributed by atoms with E-state index in [1.54, 1.807) is 12.1 Å². The second-order valence-electron chi connectivity index (χ2n) is 3.88. The van der Waals surface area contributed by atoms with Crippen molar-refractivity contribution in [3.8, 4) is 11.8 Å². The van der Waals surface area contributed by atoms with Gasteiger partial charge in [0.1, 0.15) is 29.8 Å². The molecule has 0 bridgehead atoms. The Labute approximate surface area is 99.4 Å². The molecule has 0 heterocycles. The van der Waals surface area contributed by atoms with Crippen molar-refractivity contribution in [2.75, 3.05) is 6.61 Å². The standard InChI is InChI=1S/C11H11FN2O.ClH/c12-9-2-1-3-10(8(9)6-13)15-7-11(14)4-5-11;/h1-3H,4-5,7,14H2;1H. The third kappa shape index (κ3) is 2.63. The van der Waals surface area contributed by atoms with Gasteiger partial charge in [-0.05, 0) is 25.0 Å².